The number of likely N-dealkylation sites (N-methyl/N-ethyl adjacent to an activating group) is 1. The van der Waals surface area contributed by atoms with Crippen molar-refractivity contribution < 1.29 is 14.3 Å². The molecule has 1 heterocycles. The first-order valence-electron chi connectivity index (χ1n) is 7.91. The minimum absolute atomic E-state index is 0.0134. The van der Waals surface area contributed by atoms with E-state index in [2.05, 4.69) is 0 Å². The molecule has 0 radical (unpaired) electrons. The van der Waals surface area contributed by atoms with Crippen LogP contribution < -0.4 is 9.47 Å². The van der Waals surface area contributed by atoms with E-state index >= 15 is 0 Å². The fraction of sp³-hybridized carbons (Fsp3) is 0.150. The Bertz CT molecular complexity index is 786. The van der Waals surface area contributed by atoms with Crippen LogP contribution in [-0.4, -0.2) is 24.5 Å². The number of carbonyl (C=O) groups is 1. The highest BCUT2D eigenvalue weighted by Crippen LogP contribution is 2.23. The summed E-state index contributed by atoms with van der Waals surface area (Å²) in [4.78, 5) is 13.8. The summed E-state index contributed by atoms with van der Waals surface area (Å²) in [6.45, 7) is 0.606. The van der Waals surface area contributed by atoms with Gasteiger partial charge in [-0.1, -0.05) is 18.2 Å². The van der Waals surface area contributed by atoms with E-state index in [1.807, 2.05) is 59.3 Å². The van der Waals surface area contributed by atoms with Gasteiger partial charge in [0.25, 0.3) is 5.91 Å². The average Bonchev–Trinajstić information content (AvgIpc) is 3.14. The monoisotopic (exact) mass is 353 g/mol. The molecule has 0 atom stereocenters. The summed E-state index contributed by atoms with van der Waals surface area (Å²) in [7, 11) is 1.78. The van der Waals surface area contributed by atoms with E-state index in [1.165, 1.54) is 0 Å². The highest BCUT2D eigenvalue weighted by molar-refractivity contribution is 7.07. The van der Waals surface area contributed by atoms with Crippen molar-refractivity contribution in [3.63, 3.8) is 0 Å². The van der Waals surface area contributed by atoms with Gasteiger partial charge in [0.05, 0.1) is 0 Å². The quantitative estimate of drug-likeness (QED) is 0.624. The normalized spacial score (nSPS) is 10.3. The summed E-state index contributed by atoms with van der Waals surface area (Å²) in [5.74, 6) is 2.08. The van der Waals surface area contributed by atoms with E-state index in [1.54, 1.807) is 35.4 Å². The lowest BCUT2D eigenvalue weighted by molar-refractivity contribution is -0.132. The summed E-state index contributed by atoms with van der Waals surface area (Å²) < 4.78 is 11.3. The lowest BCUT2D eigenvalue weighted by atomic mass is 10.3. The van der Waals surface area contributed by atoms with Gasteiger partial charge >= 0.3 is 0 Å². The van der Waals surface area contributed by atoms with Crippen LogP contribution in [0.3, 0.4) is 0 Å². The molecule has 0 spiro atoms. The first-order valence-corrected chi connectivity index (χ1v) is 8.86. The number of hydrogen-bond acceptors (Lipinski definition) is 4. The van der Waals surface area contributed by atoms with Crippen molar-refractivity contribution in [1.82, 2.24) is 4.90 Å². The summed E-state index contributed by atoms with van der Waals surface area (Å²) in [6, 6.07) is 18.8. The molecule has 1 aromatic heterocycles. The maximum Gasteiger partial charge on any atom is 0.260 e. The Morgan fingerprint density at radius 1 is 0.960 bits per heavy atom. The van der Waals surface area contributed by atoms with Crippen LogP contribution in [0.5, 0.6) is 17.2 Å². The molecular weight excluding hydrogens is 334 g/mol. The third-order valence-electron chi connectivity index (χ3n) is 3.59. The standard InChI is InChI=1S/C20H19NO3S/c1-21(13-16-11-12-25-15-16)20(22)14-23-17-7-9-19(10-8-17)24-18-5-3-2-4-6-18/h2-12,15H,13-14H2,1H3. The van der Waals surface area contributed by atoms with Gasteiger partial charge in [0.1, 0.15) is 17.2 Å². The van der Waals surface area contributed by atoms with Crippen molar-refractivity contribution in [1.29, 1.82) is 0 Å². The molecule has 3 rings (SSSR count). The Morgan fingerprint density at radius 2 is 1.64 bits per heavy atom. The zero-order valence-corrected chi connectivity index (χ0v) is 14.7. The van der Waals surface area contributed by atoms with Gasteiger partial charge < -0.3 is 14.4 Å². The molecule has 0 N–H and O–H groups in total. The fourth-order valence-corrected chi connectivity index (χ4v) is 2.89. The van der Waals surface area contributed by atoms with Gasteiger partial charge in [-0.2, -0.15) is 11.3 Å². The Morgan fingerprint density at radius 3 is 2.32 bits per heavy atom. The van der Waals surface area contributed by atoms with Crippen molar-refractivity contribution in [2.45, 2.75) is 6.54 Å². The van der Waals surface area contributed by atoms with Crippen LogP contribution in [0.25, 0.3) is 0 Å². The first kappa shape index (κ1) is 17.0. The molecule has 1 amide bonds. The second-order valence-corrected chi connectivity index (χ2v) is 6.34. The molecule has 0 saturated heterocycles. The fourth-order valence-electron chi connectivity index (χ4n) is 2.23. The molecule has 0 unspecified atom stereocenters. The van der Waals surface area contributed by atoms with E-state index in [0.717, 1.165) is 17.1 Å². The summed E-state index contributed by atoms with van der Waals surface area (Å²) >= 11 is 1.62. The number of para-hydroxylation sites is 1. The van der Waals surface area contributed by atoms with Gasteiger partial charge in [0.2, 0.25) is 0 Å². The van der Waals surface area contributed by atoms with Crippen molar-refractivity contribution in [3.8, 4) is 17.2 Å². The molecule has 0 aliphatic carbocycles. The van der Waals surface area contributed by atoms with E-state index in [0.29, 0.717) is 12.3 Å². The smallest absolute Gasteiger partial charge is 0.260 e. The van der Waals surface area contributed by atoms with Crippen LogP contribution in [0.1, 0.15) is 5.56 Å². The van der Waals surface area contributed by atoms with E-state index in [-0.39, 0.29) is 12.5 Å². The molecule has 0 aliphatic heterocycles. The average molecular weight is 353 g/mol. The lowest BCUT2D eigenvalue weighted by Crippen LogP contribution is -2.30. The van der Waals surface area contributed by atoms with Gasteiger partial charge in [0, 0.05) is 13.6 Å². The zero-order valence-electron chi connectivity index (χ0n) is 13.9. The third kappa shape index (κ3) is 5.09. The Kier molecular flexibility index (Phi) is 5.69. The SMILES string of the molecule is CN(Cc1ccsc1)C(=O)COc1ccc(Oc2ccccc2)cc1. The predicted molar refractivity (Wildman–Crippen MR) is 99.2 cm³/mol. The van der Waals surface area contributed by atoms with Gasteiger partial charge in [0.15, 0.2) is 6.61 Å². The number of thiophene rings is 1. The van der Waals surface area contributed by atoms with Crippen LogP contribution >= 0.6 is 11.3 Å². The highest BCUT2D eigenvalue weighted by atomic mass is 32.1. The molecule has 0 fully saturated rings. The molecule has 2 aromatic carbocycles. The Balaban J connectivity index is 1.49. The molecule has 5 heteroatoms. The number of benzene rings is 2. The summed E-state index contributed by atoms with van der Waals surface area (Å²) in [5, 5.41) is 4.04. The maximum absolute atomic E-state index is 12.1. The van der Waals surface area contributed by atoms with E-state index in [4.69, 9.17) is 9.47 Å². The van der Waals surface area contributed by atoms with Crippen LogP contribution in [-0.2, 0) is 11.3 Å². The van der Waals surface area contributed by atoms with Crippen molar-refractivity contribution in [2.24, 2.45) is 0 Å². The van der Waals surface area contributed by atoms with Crippen molar-refractivity contribution in [2.75, 3.05) is 13.7 Å². The number of amides is 1. The lowest BCUT2D eigenvalue weighted by Gasteiger charge is -2.17. The molecule has 0 bridgehead atoms. The van der Waals surface area contributed by atoms with Crippen LogP contribution in [0.2, 0.25) is 0 Å². The van der Waals surface area contributed by atoms with Crippen LogP contribution in [0.15, 0.2) is 71.4 Å². The summed E-state index contributed by atoms with van der Waals surface area (Å²) in [5.41, 5.74) is 1.13. The van der Waals surface area contributed by atoms with Gasteiger partial charge in [-0.15, -0.1) is 0 Å². The molecule has 25 heavy (non-hydrogen) atoms. The van der Waals surface area contributed by atoms with Gasteiger partial charge in [-0.3, -0.25) is 4.79 Å². The summed E-state index contributed by atoms with van der Waals surface area (Å²) in [6.07, 6.45) is 0. The largest absolute Gasteiger partial charge is 0.484 e. The number of ether oxygens (including phenoxy) is 2. The predicted octanol–water partition coefficient (Wildman–Crippen LogP) is 4.58. The highest BCUT2D eigenvalue weighted by Gasteiger charge is 2.10. The first-order chi connectivity index (χ1) is 12.2. The number of carbonyl (C=O) groups excluding carboxylic acids is 1. The topological polar surface area (TPSA) is 38.8 Å². The number of nitrogens with zero attached hydrogens (tertiary/aromatic N) is 1. The van der Waals surface area contributed by atoms with Crippen molar-refractivity contribution >= 4 is 17.2 Å². The molecule has 0 saturated carbocycles. The molecule has 4 nitrogen and oxygen atoms in total. The Labute approximate surface area is 151 Å². The minimum Gasteiger partial charge on any atom is -0.484 e. The zero-order chi connectivity index (χ0) is 17.5. The van der Waals surface area contributed by atoms with E-state index in [9.17, 15) is 4.79 Å². The van der Waals surface area contributed by atoms with Gasteiger partial charge in [-0.25, -0.2) is 0 Å². The molecular formula is C20H19NO3S. The van der Waals surface area contributed by atoms with Crippen LogP contribution in [0.4, 0.5) is 0 Å². The number of hydrogen-bond donors (Lipinski definition) is 0. The molecule has 3 aromatic rings. The molecule has 128 valence electrons. The second kappa shape index (κ2) is 8.35. The second-order valence-electron chi connectivity index (χ2n) is 5.56. The van der Waals surface area contributed by atoms with E-state index < -0.39 is 0 Å². The molecule has 0 aliphatic rings. The van der Waals surface area contributed by atoms with Gasteiger partial charge in [-0.05, 0) is 58.8 Å². The third-order valence-corrected chi connectivity index (χ3v) is 4.32. The number of rotatable bonds is 7. The van der Waals surface area contributed by atoms with Crippen molar-refractivity contribution in [3.05, 3.63) is 77.0 Å². The maximum atomic E-state index is 12.1. The Hall–Kier alpha value is -2.79. The minimum atomic E-state index is -0.0594. The van der Waals surface area contributed by atoms with Crippen LogP contribution in [0, 0.1) is 0 Å².